The summed E-state index contributed by atoms with van der Waals surface area (Å²) in [4.78, 5) is 50.1. The van der Waals surface area contributed by atoms with E-state index in [4.69, 9.17) is 9.29 Å². The van der Waals surface area contributed by atoms with Gasteiger partial charge >= 0.3 is 22.4 Å². The number of carbonyl (C=O) groups excluding carboxylic acids is 4. The highest BCUT2D eigenvalue weighted by molar-refractivity contribution is 7.80. The Morgan fingerprint density at radius 2 is 2.00 bits per heavy atom. The molecule has 0 spiro atoms. The lowest BCUT2D eigenvalue weighted by molar-refractivity contribution is -0.142. The maximum Gasteiger partial charge on any atom is 0.418 e. The Hall–Kier alpha value is -3.38. The van der Waals surface area contributed by atoms with Crippen molar-refractivity contribution in [2.45, 2.75) is 44.8 Å². The van der Waals surface area contributed by atoms with E-state index in [2.05, 4.69) is 30.5 Å². The Kier molecular flexibility index (Phi) is 6.84. The predicted octanol–water partition coefficient (Wildman–Crippen LogP) is -3.07. The van der Waals surface area contributed by atoms with Crippen LogP contribution < -0.4 is 10.9 Å². The Labute approximate surface area is 180 Å². The second-order valence-corrected chi connectivity index (χ2v) is 7.77. The number of tetrazole rings is 1. The Morgan fingerprint density at radius 1 is 1.25 bits per heavy atom. The topological polar surface area (TPSA) is 215 Å². The van der Waals surface area contributed by atoms with Gasteiger partial charge < -0.3 is 9.64 Å². The smallest absolute Gasteiger partial charge is 0.418 e. The van der Waals surface area contributed by atoms with Gasteiger partial charge in [0.2, 0.25) is 0 Å². The number of aromatic nitrogens is 4. The zero-order chi connectivity index (χ0) is 23.5. The number of hydrazine groups is 1. The van der Waals surface area contributed by atoms with Crippen LogP contribution in [0.15, 0.2) is 0 Å². The average molecular weight is 476 g/mol. The number of fused-ring (bicyclic) bond motifs is 2. The third kappa shape index (κ3) is 5.65. The van der Waals surface area contributed by atoms with Crippen LogP contribution in [-0.2, 0) is 46.8 Å². The van der Waals surface area contributed by atoms with Crippen molar-refractivity contribution >= 4 is 34.2 Å². The molecular formula is C14H20N8O9S. The molecule has 2 fully saturated rings. The molecule has 2 aliphatic rings. The van der Waals surface area contributed by atoms with E-state index in [0.717, 1.165) is 9.70 Å². The molecule has 2 aliphatic heterocycles. The summed E-state index contributed by atoms with van der Waals surface area (Å²) >= 11 is 0. The molecule has 17 nitrogen and oxygen atoms in total. The molecule has 0 unspecified atom stereocenters. The van der Waals surface area contributed by atoms with Crippen LogP contribution >= 0.6 is 0 Å². The van der Waals surface area contributed by atoms with Crippen molar-refractivity contribution in [1.29, 1.82) is 0 Å². The number of carbonyl (C=O) groups is 4. The van der Waals surface area contributed by atoms with Crippen molar-refractivity contribution in [2.24, 2.45) is 0 Å². The van der Waals surface area contributed by atoms with Crippen molar-refractivity contribution in [3.8, 4) is 0 Å². The maximum absolute atomic E-state index is 12.4. The summed E-state index contributed by atoms with van der Waals surface area (Å²) in [7, 11) is -4.90. The predicted molar refractivity (Wildman–Crippen MR) is 97.8 cm³/mol. The Morgan fingerprint density at radius 3 is 2.69 bits per heavy atom. The number of urea groups is 1. The first-order chi connectivity index (χ1) is 15.1. The fourth-order valence-corrected chi connectivity index (χ4v) is 3.63. The van der Waals surface area contributed by atoms with Gasteiger partial charge in [-0.05, 0) is 25.0 Å². The number of nitrogens with one attached hydrogen (secondary N) is 2. The molecule has 0 radical (unpaired) electrons. The molecule has 2 saturated heterocycles. The van der Waals surface area contributed by atoms with Crippen LogP contribution in [0.3, 0.4) is 0 Å². The molecule has 0 saturated carbocycles. The van der Waals surface area contributed by atoms with Crippen LogP contribution in [0.25, 0.3) is 0 Å². The molecule has 18 heteroatoms. The van der Waals surface area contributed by atoms with Gasteiger partial charge in [-0.1, -0.05) is 0 Å². The van der Waals surface area contributed by atoms with Gasteiger partial charge in [-0.25, -0.2) is 4.79 Å². The number of nitrogens with zero attached hydrogens (tertiary/aromatic N) is 6. The largest absolute Gasteiger partial charge is 0.466 e. The standard InChI is InChI=1S/C14H20N8O9S/c1-2-30-12(24)5-10-15-19-21(18-10)7-11(23)16-17-13(25)9-4-3-8-6-20(9)14(26)22(8)31-32(27,28)29/h8-9H,2-7H2,1H3,(H,16,23)(H,17,25)(H,27,28,29)/t8-,9+/m1/s1. The van der Waals surface area contributed by atoms with Crippen LogP contribution in [-0.4, -0.2) is 92.2 Å². The molecule has 4 amide bonds. The molecule has 3 N–H and O–H groups in total. The molecule has 3 rings (SSSR count). The number of hydroxylamine groups is 2. The first-order valence-electron chi connectivity index (χ1n) is 9.35. The zero-order valence-electron chi connectivity index (χ0n) is 16.7. The average Bonchev–Trinajstić information content (AvgIpc) is 3.23. The summed E-state index contributed by atoms with van der Waals surface area (Å²) < 4.78 is 39.6. The third-order valence-corrected chi connectivity index (χ3v) is 4.86. The van der Waals surface area contributed by atoms with Crippen LogP contribution in [0, 0.1) is 0 Å². The van der Waals surface area contributed by atoms with Gasteiger partial charge in [0.15, 0.2) is 5.82 Å². The molecule has 3 heterocycles. The monoisotopic (exact) mass is 476 g/mol. The first-order valence-corrected chi connectivity index (χ1v) is 10.7. The lowest BCUT2D eigenvalue weighted by Gasteiger charge is -2.29. The number of ether oxygens (including phenoxy) is 1. The van der Waals surface area contributed by atoms with E-state index in [-0.39, 0.29) is 38.2 Å². The number of rotatable bonds is 8. The number of hydrogen-bond acceptors (Lipinski definition) is 11. The highest BCUT2D eigenvalue weighted by Crippen LogP contribution is 2.30. The van der Waals surface area contributed by atoms with Crippen LogP contribution in [0.4, 0.5) is 4.79 Å². The summed E-state index contributed by atoms with van der Waals surface area (Å²) in [5.74, 6) is -1.92. The third-order valence-electron chi connectivity index (χ3n) is 4.51. The maximum atomic E-state index is 12.4. The van der Waals surface area contributed by atoms with Crippen molar-refractivity contribution in [3.05, 3.63) is 5.82 Å². The van der Waals surface area contributed by atoms with Gasteiger partial charge in [0.05, 0.1) is 12.6 Å². The molecule has 176 valence electrons. The minimum atomic E-state index is -4.90. The van der Waals surface area contributed by atoms with Crippen LogP contribution in [0.5, 0.6) is 0 Å². The van der Waals surface area contributed by atoms with Gasteiger partial charge in [-0.3, -0.25) is 29.8 Å². The molecule has 1 aromatic heterocycles. The fraction of sp³-hybridized carbons (Fsp3) is 0.643. The molecule has 2 bridgehead atoms. The zero-order valence-corrected chi connectivity index (χ0v) is 17.5. The molecule has 0 aliphatic carbocycles. The Balaban J connectivity index is 1.49. The number of hydrogen-bond donors (Lipinski definition) is 3. The van der Waals surface area contributed by atoms with Crippen molar-refractivity contribution in [3.63, 3.8) is 0 Å². The number of piperidine rings is 1. The van der Waals surface area contributed by atoms with Crippen LogP contribution in [0.2, 0.25) is 0 Å². The van der Waals surface area contributed by atoms with Crippen molar-refractivity contribution < 1.29 is 41.2 Å². The summed E-state index contributed by atoms with van der Waals surface area (Å²) in [6, 6.07) is -2.54. The lowest BCUT2D eigenvalue weighted by atomic mass is 10.0. The quantitative estimate of drug-likeness (QED) is 0.193. The normalized spacial score (nSPS) is 20.2. The van der Waals surface area contributed by atoms with Gasteiger partial charge in [0.1, 0.15) is 19.0 Å². The molecular weight excluding hydrogens is 456 g/mol. The van der Waals surface area contributed by atoms with Gasteiger partial charge in [-0.15, -0.1) is 14.5 Å². The second kappa shape index (κ2) is 9.40. The summed E-state index contributed by atoms with van der Waals surface area (Å²) in [5, 5.41) is 11.6. The first kappa shape index (κ1) is 23.3. The van der Waals surface area contributed by atoms with E-state index in [9.17, 15) is 27.6 Å². The highest BCUT2D eigenvalue weighted by Gasteiger charge is 2.49. The van der Waals surface area contributed by atoms with Gasteiger partial charge in [0.25, 0.3) is 11.8 Å². The number of esters is 1. The fourth-order valence-electron chi connectivity index (χ4n) is 3.24. The van der Waals surface area contributed by atoms with E-state index >= 15 is 0 Å². The second-order valence-electron chi connectivity index (χ2n) is 6.77. The van der Waals surface area contributed by atoms with E-state index in [1.54, 1.807) is 6.92 Å². The van der Waals surface area contributed by atoms with Crippen molar-refractivity contribution in [1.82, 2.24) is 41.0 Å². The summed E-state index contributed by atoms with van der Waals surface area (Å²) in [6.07, 6.45) is 0.193. The highest BCUT2D eigenvalue weighted by atomic mass is 32.3. The molecule has 2 atom stereocenters. The minimum absolute atomic E-state index is 0.00645. The van der Waals surface area contributed by atoms with E-state index in [0.29, 0.717) is 5.06 Å². The lowest BCUT2D eigenvalue weighted by Crippen LogP contribution is -2.54. The molecule has 32 heavy (non-hydrogen) atoms. The van der Waals surface area contributed by atoms with Gasteiger partial charge in [0, 0.05) is 6.54 Å². The van der Waals surface area contributed by atoms with E-state index in [1.807, 2.05) is 0 Å². The summed E-state index contributed by atoms with van der Waals surface area (Å²) in [6.45, 7) is 1.44. The molecule has 1 aromatic rings. The van der Waals surface area contributed by atoms with Crippen molar-refractivity contribution in [2.75, 3.05) is 13.2 Å². The van der Waals surface area contributed by atoms with E-state index < -0.39 is 52.8 Å². The SMILES string of the molecule is CCOC(=O)Cc1nnn(CC(=O)NNC(=O)[C@@H]2CC[C@@H]3CN2C(=O)N3OS(=O)(=O)O)n1. The van der Waals surface area contributed by atoms with Crippen LogP contribution in [0.1, 0.15) is 25.6 Å². The van der Waals surface area contributed by atoms with E-state index in [1.165, 1.54) is 0 Å². The Bertz CT molecular complexity index is 1010. The van der Waals surface area contributed by atoms with Gasteiger partial charge in [-0.2, -0.15) is 18.3 Å². The summed E-state index contributed by atoms with van der Waals surface area (Å²) in [5.41, 5.74) is 4.32. The number of amides is 4. The molecule has 0 aromatic carbocycles. The minimum Gasteiger partial charge on any atom is -0.466 e.